The quantitative estimate of drug-likeness (QED) is 0.155. The molecule has 0 atom stereocenters. The van der Waals surface area contributed by atoms with Crippen molar-refractivity contribution >= 4 is 5.97 Å². The van der Waals surface area contributed by atoms with Crippen molar-refractivity contribution < 1.29 is 28.8 Å². The molecule has 0 fully saturated rings. The standard InChI is InChI=1S/C26H49NO2.Li/c1-3-5-7-9-11-13-15-17-19-21-23-27(25-26(28)29)24-22-20-18-16-14-12-10-8-6-4-2;/h3-6H,7-25H2,1-2H3,(H,28,29);/q;+1/p-1/b5-3+,6-4+;. The molecule has 3 nitrogen and oxygen atoms in total. The van der Waals surface area contributed by atoms with Crippen LogP contribution in [0.3, 0.4) is 0 Å². The summed E-state index contributed by atoms with van der Waals surface area (Å²) >= 11 is 0. The first-order valence-electron chi connectivity index (χ1n) is 12.3. The molecular weight excluding hydrogens is 365 g/mol. The molecule has 0 saturated heterocycles. The van der Waals surface area contributed by atoms with Crippen LogP contribution in [-0.4, -0.2) is 30.5 Å². The van der Waals surface area contributed by atoms with Gasteiger partial charge in [-0.05, 0) is 65.5 Å². The van der Waals surface area contributed by atoms with Crippen molar-refractivity contribution in [3.05, 3.63) is 24.3 Å². The van der Waals surface area contributed by atoms with E-state index >= 15 is 0 Å². The first-order chi connectivity index (χ1) is 14.2. The predicted molar refractivity (Wildman–Crippen MR) is 125 cm³/mol. The van der Waals surface area contributed by atoms with Gasteiger partial charge >= 0.3 is 18.9 Å². The second-order valence-corrected chi connectivity index (χ2v) is 8.31. The number of aliphatic carboxylic acids is 1. The zero-order chi connectivity index (χ0) is 21.4. The average molecular weight is 414 g/mol. The Kier molecular flexibility index (Phi) is 28.0. The first kappa shape index (κ1) is 31.7. The molecule has 0 aromatic carbocycles. The third-order valence-electron chi connectivity index (χ3n) is 5.51. The van der Waals surface area contributed by atoms with Crippen molar-refractivity contribution in [2.75, 3.05) is 19.6 Å². The second-order valence-electron chi connectivity index (χ2n) is 8.31. The van der Waals surface area contributed by atoms with Crippen LogP contribution in [0.4, 0.5) is 0 Å². The summed E-state index contributed by atoms with van der Waals surface area (Å²) < 4.78 is 0. The molecule has 0 bridgehead atoms. The van der Waals surface area contributed by atoms with Crippen molar-refractivity contribution in [2.24, 2.45) is 0 Å². The van der Waals surface area contributed by atoms with E-state index in [1.54, 1.807) is 0 Å². The van der Waals surface area contributed by atoms with Gasteiger partial charge in [0.1, 0.15) is 0 Å². The zero-order valence-corrected chi connectivity index (χ0v) is 20.5. The minimum Gasteiger partial charge on any atom is -0.549 e. The van der Waals surface area contributed by atoms with Gasteiger partial charge in [0.15, 0.2) is 0 Å². The maximum absolute atomic E-state index is 11.0. The number of hydrogen-bond acceptors (Lipinski definition) is 3. The van der Waals surface area contributed by atoms with E-state index in [2.05, 4.69) is 43.1 Å². The molecule has 4 heteroatoms. The summed E-state index contributed by atoms with van der Waals surface area (Å²) in [5.41, 5.74) is 0. The van der Waals surface area contributed by atoms with Gasteiger partial charge in [-0.25, -0.2) is 0 Å². The van der Waals surface area contributed by atoms with Gasteiger partial charge in [-0.3, -0.25) is 4.90 Å². The number of unbranched alkanes of at least 4 members (excludes halogenated alkanes) is 14. The van der Waals surface area contributed by atoms with E-state index in [0.717, 1.165) is 25.9 Å². The molecule has 0 heterocycles. The van der Waals surface area contributed by atoms with Gasteiger partial charge in [0, 0.05) is 6.54 Å². The van der Waals surface area contributed by atoms with Crippen LogP contribution >= 0.6 is 0 Å². The summed E-state index contributed by atoms with van der Waals surface area (Å²) in [6.45, 7) is 6.06. The van der Waals surface area contributed by atoms with Gasteiger partial charge in [-0.1, -0.05) is 88.5 Å². The van der Waals surface area contributed by atoms with Crippen molar-refractivity contribution in [2.45, 2.75) is 117 Å². The van der Waals surface area contributed by atoms with E-state index in [0.29, 0.717) is 0 Å². The molecule has 170 valence electrons. The third-order valence-corrected chi connectivity index (χ3v) is 5.51. The minimum atomic E-state index is -0.938. The predicted octanol–water partition coefficient (Wildman–Crippen LogP) is 3.44. The van der Waals surface area contributed by atoms with Gasteiger partial charge in [0.25, 0.3) is 0 Å². The van der Waals surface area contributed by atoms with Crippen LogP contribution in [0.25, 0.3) is 0 Å². The number of nitrogens with zero attached hydrogens (tertiary/aromatic N) is 1. The van der Waals surface area contributed by atoms with Crippen LogP contribution in [0.2, 0.25) is 0 Å². The van der Waals surface area contributed by atoms with Crippen LogP contribution < -0.4 is 24.0 Å². The van der Waals surface area contributed by atoms with Crippen molar-refractivity contribution in [3.8, 4) is 0 Å². The van der Waals surface area contributed by atoms with Crippen molar-refractivity contribution in [1.29, 1.82) is 0 Å². The van der Waals surface area contributed by atoms with Gasteiger partial charge in [-0.2, -0.15) is 0 Å². The molecule has 0 amide bonds. The van der Waals surface area contributed by atoms with Gasteiger partial charge in [-0.15, -0.1) is 0 Å². The number of rotatable bonds is 22. The molecule has 0 aromatic heterocycles. The summed E-state index contributed by atoms with van der Waals surface area (Å²) in [7, 11) is 0. The molecule has 0 N–H and O–H groups in total. The van der Waals surface area contributed by atoms with Crippen LogP contribution in [0.15, 0.2) is 24.3 Å². The smallest absolute Gasteiger partial charge is 0.549 e. The molecule has 0 unspecified atom stereocenters. The third kappa shape index (κ3) is 25.5. The van der Waals surface area contributed by atoms with Crippen LogP contribution in [0.5, 0.6) is 0 Å². The Morgan fingerprint density at radius 3 is 1.30 bits per heavy atom. The van der Waals surface area contributed by atoms with E-state index in [9.17, 15) is 9.90 Å². The number of carboxylic acid groups (broad SMARTS) is 1. The molecule has 0 saturated carbocycles. The normalized spacial score (nSPS) is 11.6. The van der Waals surface area contributed by atoms with Crippen LogP contribution in [-0.2, 0) is 4.79 Å². The summed E-state index contributed by atoms with van der Waals surface area (Å²) in [6.07, 6.45) is 28.9. The van der Waals surface area contributed by atoms with E-state index in [-0.39, 0.29) is 25.4 Å². The molecule has 0 rings (SSSR count). The second kappa shape index (κ2) is 26.5. The number of carbonyl (C=O) groups excluding carboxylic acids is 1. The van der Waals surface area contributed by atoms with E-state index in [1.165, 1.54) is 89.9 Å². The topological polar surface area (TPSA) is 43.4 Å². The van der Waals surface area contributed by atoms with Gasteiger partial charge in [0.2, 0.25) is 0 Å². The van der Waals surface area contributed by atoms with Crippen molar-refractivity contribution in [3.63, 3.8) is 0 Å². The molecule has 0 aliphatic heterocycles. The summed E-state index contributed by atoms with van der Waals surface area (Å²) in [6, 6.07) is 0. The Morgan fingerprint density at radius 1 is 0.633 bits per heavy atom. The van der Waals surface area contributed by atoms with E-state index in [4.69, 9.17) is 0 Å². The fraction of sp³-hybridized carbons (Fsp3) is 0.808. The van der Waals surface area contributed by atoms with Gasteiger partial charge < -0.3 is 9.90 Å². The molecule has 0 radical (unpaired) electrons. The number of carbonyl (C=O) groups is 1. The van der Waals surface area contributed by atoms with Crippen LogP contribution in [0.1, 0.15) is 117 Å². The molecule has 0 spiro atoms. The summed E-state index contributed by atoms with van der Waals surface area (Å²) in [5.74, 6) is -0.938. The van der Waals surface area contributed by atoms with Gasteiger partial charge in [0.05, 0.1) is 5.97 Å². The Balaban J connectivity index is 0. The average Bonchev–Trinajstić information content (AvgIpc) is 2.70. The van der Waals surface area contributed by atoms with E-state index in [1.807, 2.05) is 0 Å². The fourth-order valence-corrected chi connectivity index (χ4v) is 3.75. The van der Waals surface area contributed by atoms with Crippen molar-refractivity contribution in [1.82, 2.24) is 4.90 Å². The Labute approximate surface area is 199 Å². The SMILES string of the molecule is C/C=C/CCCCCCCCCN(CCCCCCCCC/C=C/C)CC(=O)[O-].[Li+]. The molecule has 0 aromatic rings. The molecule has 0 aliphatic rings. The zero-order valence-electron chi connectivity index (χ0n) is 20.5. The summed E-state index contributed by atoms with van der Waals surface area (Å²) in [5, 5.41) is 11.0. The Morgan fingerprint density at radius 2 is 0.967 bits per heavy atom. The largest absolute Gasteiger partial charge is 1.00 e. The number of hydrogen-bond donors (Lipinski definition) is 0. The summed E-state index contributed by atoms with van der Waals surface area (Å²) in [4.78, 5) is 13.1. The Bertz CT molecular complexity index is 380. The van der Waals surface area contributed by atoms with Crippen LogP contribution in [0, 0.1) is 0 Å². The Hall–Kier alpha value is -0.493. The maximum atomic E-state index is 11.0. The fourth-order valence-electron chi connectivity index (χ4n) is 3.75. The van der Waals surface area contributed by atoms with E-state index < -0.39 is 5.97 Å². The number of carboxylic acids is 1. The molecule has 0 aliphatic carbocycles. The first-order valence-corrected chi connectivity index (χ1v) is 12.3. The molecule has 30 heavy (non-hydrogen) atoms. The maximum Gasteiger partial charge on any atom is 1.00 e. The minimum absolute atomic E-state index is 0. The monoisotopic (exact) mass is 413 g/mol. The number of allylic oxidation sites excluding steroid dienone is 4. The molecular formula is C26H48LiNO2.